The number of alkyl halides is 1. The first-order chi connectivity index (χ1) is 8.74. The molecule has 0 saturated carbocycles. The normalized spacial score (nSPS) is 20.4. The molecule has 1 aliphatic carbocycles. The predicted octanol–water partition coefficient (Wildman–Crippen LogP) is 3.64. The van der Waals surface area contributed by atoms with Gasteiger partial charge in [-0.1, -0.05) is 24.3 Å². The number of halogens is 1. The van der Waals surface area contributed by atoms with Crippen molar-refractivity contribution in [3.8, 4) is 0 Å². The highest BCUT2D eigenvalue weighted by molar-refractivity contribution is 6.20. The Kier molecular flexibility index (Phi) is 3.08. The number of benzene rings is 1. The first-order valence-electron chi connectivity index (χ1n) is 6.28. The van der Waals surface area contributed by atoms with Crippen LogP contribution < -0.4 is 0 Å². The Hall–Kier alpha value is -1.35. The molecule has 3 nitrogen and oxygen atoms in total. The van der Waals surface area contributed by atoms with Crippen molar-refractivity contribution in [1.29, 1.82) is 0 Å². The zero-order chi connectivity index (χ0) is 12.5. The van der Waals surface area contributed by atoms with Crippen LogP contribution in [0.3, 0.4) is 0 Å². The van der Waals surface area contributed by atoms with Gasteiger partial charge >= 0.3 is 0 Å². The van der Waals surface area contributed by atoms with Crippen molar-refractivity contribution < 1.29 is 4.42 Å². The second-order valence-electron chi connectivity index (χ2n) is 4.80. The summed E-state index contributed by atoms with van der Waals surface area (Å²) in [6, 6.07) is 8.56. The minimum absolute atomic E-state index is 0.220. The van der Waals surface area contributed by atoms with Gasteiger partial charge in [-0.05, 0) is 37.3 Å². The molecular formula is C14H15ClN2O. The summed E-state index contributed by atoms with van der Waals surface area (Å²) in [7, 11) is 0. The third-order valence-corrected chi connectivity index (χ3v) is 3.68. The lowest BCUT2D eigenvalue weighted by atomic mass is 9.84. The van der Waals surface area contributed by atoms with E-state index in [4.69, 9.17) is 16.0 Å². The van der Waals surface area contributed by atoms with Crippen LogP contribution in [0.4, 0.5) is 0 Å². The maximum atomic E-state index is 5.94. The van der Waals surface area contributed by atoms with Crippen LogP contribution in [0.15, 0.2) is 28.7 Å². The Morgan fingerprint density at radius 2 is 2.06 bits per heavy atom. The summed E-state index contributed by atoms with van der Waals surface area (Å²) < 4.78 is 5.65. The van der Waals surface area contributed by atoms with Gasteiger partial charge in [-0.2, -0.15) is 0 Å². The summed E-state index contributed by atoms with van der Waals surface area (Å²) >= 11 is 5.94. The van der Waals surface area contributed by atoms with Crippen molar-refractivity contribution in [2.75, 3.05) is 0 Å². The number of fused-ring (bicyclic) bond motifs is 1. The maximum absolute atomic E-state index is 5.94. The van der Waals surface area contributed by atoms with E-state index in [0.717, 1.165) is 25.2 Å². The van der Waals surface area contributed by atoms with E-state index in [2.05, 4.69) is 34.5 Å². The Bertz CT molecular complexity index is 550. The summed E-state index contributed by atoms with van der Waals surface area (Å²) in [6.45, 7) is 1.84. The van der Waals surface area contributed by atoms with Gasteiger partial charge in [0.05, 0.1) is 0 Å². The number of aromatic nitrogens is 2. The molecule has 1 aliphatic rings. The molecule has 2 atom stereocenters. The molecular weight excluding hydrogens is 248 g/mol. The highest BCUT2D eigenvalue weighted by Crippen LogP contribution is 2.32. The predicted molar refractivity (Wildman–Crippen MR) is 69.8 cm³/mol. The summed E-state index contributed by atoms with van der Waals surface area (Å²) in [6.07, 6.45) is 3.12. The monoisotopic (exact) mass is 262 g/mol. The standard InChI is InChI=1S/C14H15ClN2O/c1-9(15)13-16-17-14(18-13)12-7-6-10-4-2-3-5-11(10)8-12/h2-5,9,12H,6-8H2,1H3. The largest absolute Gasteiger partial charge is 0.423 e. The van der Waals surface area contributed by atoms with E-state index in [-0.39, 0.29) is 5.38 Å². The lowest BCUT2D eigenvalue weighted by molar-refractivity contribution is 0.395. The molecule has 1 aromatic carbocycles. The fourth-order valence-electron chi connectivity index (χ4n) is 2.48. The molecule has 0 N–H and O–H groups in total. The van der Waals surface area contributed by atoms with Gasteiger partial charge in [0.25, 0.3) is 0 Å². The number of aryl methyl sites for hydroxylation is 1. The first kappa shape index (κ1) is 11.7. The average Bonchev–Trinajstić information content (AvgIpc) is 2.88. The van der Waals surface area contributed by atoms with Crippen molar-refractivity contribution in [1.82, 2.24) is 10.2 Å². The van der Waals surface area contributed by atoms with Crippen LogP contribution in [-0.4, -0.2) is 10.2 Å². The molecule has 0 fully saturated rings. The second-order valence-corrected chi connectivity index (χ2v) is 5.46. The molecule has 0 saturated heterocycles. The van der Waals surface area contributed by atoms with Crippen LogP contribution in [-0.2, 0) is 12.8 Å². The highest BCUT2D eigenvalue weighted by Gasteiger charge is 2.25. The molecule has 0 radical (unpaired) electrons. The highest BCUT2D eigenvalue weighted by atomic mass is 35.5. The quantitative estimate of drug-likeness (QED) is 0.776. The Morgan fingerprint density at radius 1 is 1.28 bits per heavy atom. The first-order valence-corrected chi connectivity index (χ1v) is 6.72. The molecule has 18 heavy (non-hydrogen) atoms. The van der Waals surface area contributed by atoms with E-state index in [1.54, 1.807) is 0 Å². The maximum Gasteiger partial charge on any atom is 0.234 e. The lowest BCUT2D eigenvalue weighted by Gasteiger charge is -2.21. The summed E-state index contributed by atoms with van der Waals surface area (Å²) in [5.41, 5.74) is 2.84. The lowest BCUT2D eigenvalue weighted by Crippen LogP contribution is -2.12. The fraction of sp³-hybridized carbons (Fsp3) is 0.429. The van der Waals surface area contributed by atoms with Crippen molar-refractivity contribution in [2.45, 2.75) is 37.5 Å². The Morgan fingerprint density at radius 3 is 2.78 bits per heavy atom. The van der Waals surface area contributed by atoms with Gasteiger partial charge in [-0.3, -0.25) is 0 Å². The van der Waals surface area contributed by atoms with Gasteiger partial charge in [0.1, 0.15) is 5.38 Å². The minimum Gasteiger partial charge on any atom is -0.423 e. The van der Waals surface area contributed by atoms with E-state index < -0.39 is 0 Å². The Balaban J connectivity index is 1.83. The number of hydrogen-bond acceptors (Lipinski definition) is 3. The van der Waals surface area contributed by atoms with E-state index in [0.29, 0.717) is 11.8 Å². The summed E-state index contributed by atoms with van der Waals surface area (Å²) in [5.74, 6) is 1.58. The summed E-state index contributed by atoms with van der Waals surface area (Å²) in [5, 5.41) is 7.91. The number of hydrogen-bond donors (Lipinski definition) is 0. The molecule has 0 spiro atoms. The number of rotatable bonds is 2. The minimum atomic E-state index is -0.220. The van der Waals surface area contributed by atoms with Crippen LogP contribution in [0.2, 0.25) is 0 Å². The van der Waals surface area contributed by atoms with Crippen LogP contribution in [0.5, 0.6) is 0 Å². The van der Waals surface area contributed by atoms with E-state index in [1.807, 2.05) is 6.92 Å². The van der Waals surface area contributed by atoms with Gasteiger partial charge in [0, 0.05) is 5.92 Å². The van der Waals surface area contributed by atoms with E-state index in [9.17, 15) is 0 Å². The van der Waals surface area contributed by atoms with Gasteiger partial charge in [-0.15, -0.1) is 21.8 Å². The number of nitrogens with zero attached hydrogens (tertiary/aromatic N) is 2. The Labute approximate surface area is 111 Å². The van der Waals surface area contributed by atoms with Crippen LogP contribution in [0.25, 0.3) is 0 Å². The van der Waals surface area contributed by atoms with Crippen LogP contribution >= 0.6 is 11.6 Å². The second kappa shape index (κ2) is 4.73. The van der Waals surface area contributed by atoms with Crippen molar-refractivity contribution in [3.63, 3.8) is 0 Å². The molecule has 0 bridgehead atoms. The van der Waals surface area contributed by atoms with Crippen molar-refractivity contribution in [2.24, 2.45) is 0 Å². The van der Waals surface area contributed by atoms with Crippen LogP contribution in [0, 0.1) is 0 Å². The molecule has 2 aromatic rings. The summed E-state index contributed by atoms with van der Waals surface area (Å²) in [4.78, 5) is 0. The third-order valence-electron chi connectivity index (χ3n) is 3.49. The van der Waals surface area contributed by atoms with Crippen LogP contribution in [0.1, 0.15) is 47.5 Å². The van der Waals surface area contributed by atoms with Crippen molar-refractivity contribution in [3.05, 3.63) is 47.2 Å². The SMILES string of the molecule is CC(Cl)c1nnc(C2CCc3ccccc3C2)o1. The third kappa shape index (κ3) is 2.15. The van der Waals surface area contributed by atoms with Gasteiger partial charge in [0.15, 0.2) is 0 Å². The topological polar surface area (TPSA) is 38.9 Å². The van der Waals surface area contributed by atoms with E-state index >= 15 is 0 Å². The zero-order valence-corrected chi connectivity index (χ0v) is 11.0. The molecule has 0 amide bonds. The van der Waals surface area contributed by atoms with Crippen molar-refractivity contribution >= 4 is 11.6 Å². The molecule has 94 valence electrons. The molecule has 4 heteroatoms. The molecule has 2 unspecified atom stereocenters. The van der Waals surface area contributed by atoms with E-state index in [1.165, 1.54) is 11.1 Å². The molecule has 1 heterocycles. The molecule has 0 aliphatic heterocycles. The zero-order valence-electron chi connectivity index (χ0n) is 10.3. The van der Waals surface area contributed by atoms with Gasteiger partial charge in [0.2, 0.25) is 11.8 Å². The molecule has 3 rings (SSSR count). The smallest absolute Gasteiger partial charge is 0.234 e. The fourth-order valence-corrected chi connectivity index (χ4v) is 2.57. The van der Waals surface area contributed by atoms with Gasteiger partial charge in [-0.25, -0.2) is 0 Å². The van der Waals surface area contributed by atoms with Gasteiger partial charge < -0.3 is 4.42 Å². The average molecular weight is 263 g/mol. The molecule has 1 aromatic heterocycles.